The van der Waals surface area contributed by atoms with Crippen molar-refractivity contribution in [3.05, 3.63) is 100 Å². The maximum atomic E-state index is 12.7. The van der Waals surface area contributed by atoms with E-state index in [-0.39, 0.29) is 5.91 Å². The quantitative estimate of drug-likeness (QED) is 0.534. The second kappa shape index (κ2) is 7.14. The van der Waals surface area contributed by atoms with Gasteiger partial charge in [-0.25, -0.2) is 0 Å². The molecule has 0 atom stereocenters. The van der Waals surface area contributed by atoms with Crippen LogP contribution in [0.5, 0.6) is 0 Å². The third kappa shape index (κ3) is 3.53. The highest BCUT2D eigenvalue weighted by atomic mass is 79.9. The molecule has 0 saturated heterocycles. The third-order valence-electron chi connectivity index (χ3n) is 4.14. The Morgan fingerprint density at radius 3 is 2.65 bits per heavy atom. The predicted octanol–water partition coefficient (Wildman–Crippen LogP) is 4.52. The van der Waals surface area contributed by atoms with Crippen LogP contribution < -0.4 is 5.49 Å². The van der Waals surface area contributed by atoms with Gasteiger partial charge in [-0.15, -0.1) is 0 Å². The van der Waals surface area contributed by atoms with Crippen LogP contribution >= 0.6 is 15.9 Å². The van der Waals surface area contributed by atoms with Gasteiger partial charge in [-0.1, -0.05) is 52.3 Å². The highest BCUT2D eigenvalue weighted by molar-refractivity contribution is 9.10. The molecule has 1 N–H and O–H groups in total. The average Bonchev–Trinajstić information content (AvgIpc) is 3.07. The second-order valence-corrected chi connectivity index (χ2v) is 6.92. The zero-order chi connectivity index (χ0) is 17.9. The minimum absolute atomic E-state index is 0.287. The standard InChI is InChI=1S/C21H16BrN3O/c22-17-9-10-18-16(12-17)13-19(23-18)21(26)24-20-8-4-5-11-25(20)14-15-6-2-1-3-7-15/h1-13,23H,14H2. The summed E-state index contributed by atoms with van der Waals surface area (Å²) < 4.78 is 2.94. The van der Waals surface area contributed by atoms with Crippen LogP contribution in [0.2, 0.25) is 0 Å². The van der Waals surface area contributed by atoms with Gasteiger partial charge >= 0.3 is 0 Å². The molecule has 0 aliphatic rings. The van der Waals surface area contributed by atoms with Gasteiger partial charge in [0, 0.05) is 28.1 Å². The van der Waals surface area contributed by atoms with Crippen molar-refractivity contribution in [3.63, 3.8) is 0 Å². The number of pyridine rings is 1. The number of nitrogens with zero attached hydrogens (tertiary/aromatic N) is 2. The molecule has 4 rings (SSSR count). The van der Waals surface area contributed by atoms with E-state index in [0.29, 0.717) is 17.7 Å². The first-order valence-corrected chi connectivity index (χ1v) is 9.05. The highest BCUT2D eigenvalue weighted by Crippen LogP contribution is 2.20. The normalized spacial score (nSPS) is 11.8. The van der Waals surface area contributed by atoms with Crippen LogP contribution in [0.4, 0.5) is 0 Å². The van der Waals surface area contributed by atoms with Gasteiger partial charge in [-0.3, -0.25) is 4.79 Å². The molecule has 0 saturated carbocycles. The third-order valence-corrected chi connectivity index (χ3v) is 4.63. The largest absolute Gasteiger partial charge is 0.350 e. The minimum atomic E-state index is -0.287. The van der Waals surface area contributed by atoms with Crippen LogP contribution in [0.1, 0.15) is 16.1 Å². The van der Waals surface area contributed by atoms with Crippen LogP contribution in [-0.2, 0) is 6.54 Å². The number of rotatable bonds is 3. The Labute approximate surface area is 159 Å². The molecule has 0 aliphatic heterocycles. The van der Waals surface area contributed by atoms with Crippen molar-refractivity contribution in [1.29, 1.82) is 0 Å². The van der Waals surface area contributed by atoms with Gasteiger partial charge in [-0.05, 0) is 42.0 Å². The molecular formula is C21H16BrN3O. The Morgan fingerprint density at radius 1 is 1.00 bits per heavy atom. The lowest BCUT2D eigenvalue weighted by Crippen LogP contribution is -2.22. The molecule has 0 fully saturated rings. The molecule has 1 amide bonds. The van der Waals surface area contributed by atoms with Crippen LogP contribution in [0, 0.1) is 0 Å². The molecular weight excluding hydrogens is 390 g/mol. The lowest BCUT2D eigenvalue weighted by Gasteiger charge is -2.07. The van der Waals surface area contributed by atoms with E-state index < -0.39 is 0 Å². The van der Waals surface area contributed by atoms with Crippen molar-refractivity contribution in [3.8, 4) is 0 Å². The summed E-state index contributed by atoms with van der Waals surface area (Å²) in [5, 5.41) is 0.975. The molecule has 4 aromatic rings. The summed E-state index contributed by atoms with van der Waals surface area (Å²) in [4.78, 5) is 20.1. The van der Waals surface area contributed by atoms with Crippen molar-refractivity contribution in [2.24, 2.45) is 4.99 Å². The number of nitrogens with one attached hydrogen (secondary N) is 1. The van der Waals surface area contributed by atoms with E-state index in [0.717, 1.165) is 20.9 Å². The van der Waals surface area contributed by atoms with Gasteiger partial charge in [0.05, 0.1) is 0 Å². The van der Waals surface area contributed by atoms with E-state index in [4.69, 9.17) is 0 Å². The van der Waals surface area contributed by atoms with Gasteiger partial charge in [0.15, 0.2) is 0 Å². The summed E-state index contributed by atoms with van der Waals surface area (Å²) in [6, 6.07) is 23.5. The van der Waals surface area contributed by atoms with E-state index in [1.165, 1.54) is 0 Å². The smallest absolute Gasteiger partial charge is 0.295 e. The molecule has 26 heavy (non-hydrogen) atoms. The van der Waals surface area contributed by atoms with Gasteiger partial charge in [0.2, 0.25) is 0 Å². The SMILES string of the molecule is O=C(N=c1ccccn1Cc1ccccc1)c1cc2cc(Br)ccc2[nH]1. The zero-order valence-corrected chi connectivity index (χ0v) is 15.5. The van der Waals surface area contributed by atoms with Crippen molar-refractivity contribution < 1.29 is 4.79 Å². The number of hydrogen-bond donors (Lipinski definition) is 1. The van der Waals surface area contributed by atoms with E-state index >= 15 is 0 Å². The molecule has 0 spiro atoms. The Kier molecular flexibility index (Phi) is 4.54. The van der Waals surface area contributed by atoms with E-state index in [1.54, 1.807) is 0 Å². The minimum Gasteiger partial charge on any atom is -0.350 e. The van der Waals surface area contributed by atoms with Gasteiger partial charge in [0.1, 0.15) is 11.2 Å². The van der Waals surface area contributed by atoms with Gasteiger partial charge < -0.3 is 9.55 Å². The van der Waals surface area contributed by atoms with E-state index in [2.05, 4.69) is 38.0 Å². The topological polar surface area (TPSA) is 50.1 Å². The van der Waals surface area contributed by atoms with Crippen LogP contribution in [-0.4, -0.2) is 15.5 Å². The molecule has 2 aromatic heterocycles. The Bertz CT molecular complexity index is 1140. The molecule has 0 radical (unpaired) electrons. The molecule has 0 aliphatic carbocycles. The fraction of sp³-hybridized carbons (Fsp3) is 0.0476. The number of benzene rings is 2. The summed E-state index contributed by atoms with van der Waals surface area (Å²) in [5.74, 6) is -0.287. The van der Waals surface area contributed by atoms with Gasteiger partial charge in [-0.2, -0.15) is 4.99 Å². The molecule has 0 bridgehead atoms. The number of halogens is 1. The molecule has 2 heterocycles. The number of amides is 1. The van der Waals surface area contributed by atoms with Crippen LogP contribution in [0.25, 0.3) is 10.9 Å². The predicted molar refractivity (Wildman–Crippen MR) is 106 cm³/mol. The number of carbonyl (C=O) groups excluding carboxylic acids is 1. The highest BCUT2D eigenvalue weighted by Gasteiger charge is 2.09. The number of hydrogen-bond acceptors (Lipinski definition) is 1. The fourth-order valence-corrected chi connectivity index (χ4v) is 3.24. The summed E-state index contributed by atoms with van der Waals surface area (Å²) in [5.41, 5.74) is 3.18. The number of fused-ring (bicyclic) bond motifs is 1. The second-order valence-electron chi connectivity index (χ2n) is 6.00. The lowest BCUT2D eigenvalue weighted by atomic mass is 10.2. The van der Waals surface area contributed by atoms with Crippen molar-refractivity contribution in [2.45, 2.75) is 6.54 Å². The first-order chi connectivity index (χ1) is 12.7. The summed E-state index contributed by atoms with van der Waals surface area (Å²) >= 11 is 3.45. The van der Waals surface area contributed by atoms with Crippen LogP contribution in [0.15, 0.2) is 88.5 Å². The Balaban J connectivity index is 1.70. The average molecular weight is 406 g/mol. The number of aromatic nitrogens is 2. The zero-order valence-electron chi connectivity index (χ0n) is 13.9. The summed E-state index contributed by atoms with van der Waals surface area (Å²) in [6.07, 6.45) is 1.93. The molecule has 0 unspecified atom stereocenters. The lowest BCUT2D eigenvalue weighted by molar-refractivity contribution is 0.0993. The first-order valence-electron chi connectivity index (χ1n) is 8.26. The fourth-order valence-electron chi connectivity index (χ4n) is 2.87. The monoisotopic (exact) mass is 405 g/mol. The van der Waals surface area contributed by atoms with E-state index in [9.17, 15) is 4.79 Å². The van der Waals surface area contributed by atoms with Crippen molar-refractivity contribution >= 4 is 32.7 Å². The molecule has 5 heteroatoms. The van der Waals surface area contributed by atoms with Gasteiger partial charge in [0.25, 0.3) is 5.91 Å². The number of carbonyl (C=O) groups is 1. The molecule has 2 aromatic carbocycles. The Morgan fingerprint density at radius 2 is 1.81 bits per heavy atom. The summed E-state index contributed by atoms with van der Waals surface area (Å²) in [6.45, 7) is 0.660. The van der Waals surface area contributed by atoms with Crippen molar-refractivity contribution in [1.82, 2.24) is 9.55 Å². The Hall–Kier alpha value is -2.92. The maximum absolute atomic E-state index is 12.7. The first kappa shape index (κ1) is 16.5. The number of aromatic amines is 1. The van der Waals surface area contributed by atoms with Crippen molar-refractivity contribution in [2.75, 3.05) is 0 Å². The molecule has 128 valence electrons. The summed E-state index contributed by atoms with van der Waals surface area (Å²) in [7, 11) is 0. The molecule has 4 nitrogen and oxygen atoms in total. The number of H-pyrrole nitrogens is 1. The van der Waals surface area contributed by atoms with Crippen LogP contribution in [0.3, 0.4) is 0 Å². The van der Waals surface area contributed by atoms with E-state index in [1.807, 2.05) is 71.4 Å². The maximum Gasteiger partial charge on any atom is 0.295 e.